The number of hydrogen-bond donors (Lipinski definition) is 1. The first kappa shape index (κ1) is 20.0. The van der Waals surface area contributed by atoms with Crippen LogP contribution in [-0.2, 0) is 22.6 Å². The zero-order chi connectivity index (χ0) is 20.4. The number of aromatic nitrogens is 1. The number of rotatable bonds is 4. The topological polar surface area (TPSA) is 65.5 Å². The first-order valence-corrected chi connectivity index (χ1v) is 11.2. The maximum absolute atomic E-state index is 13.0. The van der Waals surface area contributed by atoms with Crippen LogP contribution in [0.5, 0.6) is 0 Å². The Labute approximate surface area is 175 Å². The number of amides is 2. The molecule has 0 spiro atoms. The van der Waals surface area contributed by atoms with Crippen LogP contribution in [0.1, 0.15) is 35.9 Å². The molecule has 0 radical (unpaired) electrons. The summed E-state index contributed by atoms with van der Waals surface area (Å²) in [5.41, 5.74) is 2.18. The second-order valence-electron chi connectivity index (χ2n) is 8.02. The van der Waals surface area contributed by atoms with Gasteiger partial charge in [0.1, 0.15) is 5.82 Å². The minimum atomic E-state index is -0.141. The SMILES string of the molecule is Cc1cccc(NC(=O)C2CCN([C@H](C)C(=O)N3CCc4sccc4C3)CC2)n1. The fraction of sp³-hybridized carbons (Fsp3) is 0.500. The summed E-state index contributed by atoms with van der Waals surface area (Å²) < 4.78 is 0. The molecule has 1 atom stereocenters. The number of nitrogens with zero attached hydrogens (tertiary/aromatic N) is 3. The molecule has 0 saturated carbocycles. The van der Waals surface area contributed by atoms with Crippen molar-refractivity contribution in [1.29, 1.82) is 0 Å². The van der Waals surface area contributed by atoms with Gasteiger partial charge in [-0.1, -0.05) is 6.07 Å². The lowest BCUT2D eigenvalue weighted by molar-refractivity contribution is -0.138. The Morgan fingerprint density at radius 3 is 2.76 bits per heavy atom. The molecule has 0 bridgehead atoms. The first-order valence-electron chi connectivity index (χ1n) is 10.3. The van der Waals surface area contributed by atoms with E-state index in [-0.39, 0.29) is 23.8 Å². The van der Waals surface area contributed by atoms with E-state index in [9.17, 15) is 9.59 Å². The molecule has 0 unspecified atom stereocenters. The molecule has 2 amide bonds. The van der Waals surface area contributed by atoms with Crippen LogP contribution in [0.15, 0.2) is 29.6 Å². The zero-order valence-corrected chi connectivity index (χ0v) is 17.9. The highest BCUT2D eigenvalue weighted by atomic mass is 32.1. The van der Waals surface area contributed by atoms with Crippen LogP contribution in [-0.4, -0.2) is 52.3 Å². The average molecular weight is 413 g/mol. The Morgan fingerprint density at radius 1 is 1.21 bits per heavy atom. The Morgan fingerprint density at radius 2 is 2.00 bits per heavy atom. The molecule has 6 nitrogen and oxygen atoms in total. The zero-order valence-electron chi connectivity index (χ0n) is 17.1. The number of carbonyl (C=O) groups is 2. The largest absolute Gasteiger partial charge is 0.337 e. The number of pyridine rings is 1. The highest BCUT2D eigenvalue weighted by Gasteiger charge is 2.33. The summed E-state index contributed by atoms with van der Waals surface area (Å²) in [5, 5.41) is 5.05. The van der Waals surface area contributed by atoms with Gasteiger partial charge in [0.25, 0.3) is 0 Å². The van der Waals surface area contributed by atoms with Crippen molar-refractivity contribution >= 4 is 29.0 Å². The van der Waals surface area contributed by atoms with Crippen LogP contribution >= 0.6 is 11.3 Å². The number of thiophene rings is 1. The molecule has 2 aliphatic rings. The van der Waals surface area contributed by atoms with Gasteiger partial charge in [0.15, 0.2) is 0 Å². The Kier molecular flexibility index (Phi) is 5.96. The van der Waals surface area contributed by atoms with Gasteiger partial charge in [-0.25, -0.2) is 4.98 Å². The van der Waals surface area contributed by atoms with Crippen molar-refractivity contribution in [2.75, 3.05) is 25.0 Å². The van der Waals surface area contributed by atoms with E-state index in [0.29, 0.717) is 5.82 Å². The standard InChI is InChI=1S/C22H28N4O2S/c1-15-4-3-5-20(23-15)24-21(27)17-6-10-25(11-7-17)16(2)22(28)26-12-8-19-18(14-26)9-13-29-19/h3-5,9,13,16-17H,6-8,10-12,14H2,1-2H3,(H,23,24,27)/t16-/m1/s1. The predicted octanol–water partition coefficient (Wildman–Crippen LogP) is 3.08. The van der Waals surface area contributed by atoms with E-state index in [1.165, 1.54) is 10.4 Å². The molecule has 7 heteroatoms. The lowest BCUT2D eigenvalue weighted by atomic mass is 9.94. The van der Waals surface area contributed by atoms with Gasteiger partial charge in [0.05, 0.1) is 6.04 Å². The lowest BCUT2D eigenvalue weighted by Crippen LogP contribution is -2.51. The molecular formula is C22H28N4O2S. The van der Waals surface area contributed by atoms with E-state index in [4.69, 9.17) is 0 Å². The maximum atomic E-state index is 13.0. The Balaban J connectivity index is 1.28. The molecule has 1 fully saturated rings. The van der Waals surface area contributed by atoms with Gasteiger partial charge in [-0.3, -0.25) is 14.5 Å². The molecule has 4 heterocycles. The number of carbonyl (C=O) groups excluding carboxylic acids is 2. The van der Waals surface area contributed by atoms with Crippen LogP contribution in [0.3, 0.4) is 0 Å². The molecule has 0 aliphatic carbocycles. The minimum Gasteiger partial charge on any atom is -0.337 e. The van der Waals surface area contributed by atoms with Crippen molar-refractivity contribution in [3.05, 3.63) is 45.8 Å². The van der Waals surface area contributed by atoms with Crippen molar-refractivity contribution in [3.63, 3.8) is 0 Å². The average Bonchev–Trinajstić information content (AvgIpc) is 3.20. The highest BCUT2D eigenvalue weighted by Crippen LogP contribution is 2.26. The summed E-state index contributed by atoms with van der Waals surface area (Å²) >= 11 is 1.79. The smallest absolute Gasteiger partial charge is 0.239 e. The van der Waals surface area contributed by atoms with Crippen LogP contribution in [0.2, 0.25) is 0 Å². The monoisotopic (exact) mass is 412 g/mol. The molecule has 29 heavy (non-hydrogen) atoms. The van der Waals surface area contributed by atoms with Gasteiger partial charge in [0.2, 0.25) is 11.8 Å². The summed E-state index contributed by atoms with van der Waals surface area (Å²) in [6.45, 7) is 6.98. The molecule has 154 valence electrons. The number of anilines is 1. The van der Waals surface area contributed by atoms with Crippen LogP contribution in [0.4, 0.5) is 5.82 Å². The van der Waals surface area contributed by atoms with E-state index in [0.717, 1.165) is 51.1 Å². The Hall–Kier alpha value is -2.25. The van der Waals surface area contributed by atoms with Crippen molar-refractivity contribution in [1.82, 2.24) is 14.8 Å². The molecule has 4 rings (SSSR count). The molecule has 2 aromatic rings. The predicted molar refractivity (Wildman–Crippen MR) is 115 cm³/mol. The number of piperidine rings is 1. The summed E-state index contributed by atoms with van der Waals surface area (Å²) in [6.07, 6.45) is 2.49. The van der Waals surface area contributed by atoms with Crippen molar-refractivity contribution < 1.29 is 9.59 Å². The van der Waals surface area contributed by atoms with E-state index < -0.39 is 0 Å². The third-order valence-corrected chi connectivity index (χ3v) is 7.09. The number of fused-ring (bicyclic) bond motifs is 1. The van der Waals surface area contributed by atoms with Crippen LogP contribution in [0, 0.1) is 12.8 Å². The minimum absolute atomic E-state index is 0.0285. The fourth-order valence-electron chi connectivity index (χ4n) is 4.25. The number of hydrogen-bond acceptors (Lipinski definition) is 5. The van der Waals surface area contributed by atoms with Gasteiger partial charge < -0.3 is 10.2 Å². The van der Waals surface area contributed by atoms with Gasteiger partial charge in [-0.2, -0.15) is 0 Å². The quantitative estimate of drug-likeness (QED) is 0.838. The summed E-state index contributed by atoms with van der Waals surface area (Å²) in [7, 11) is 0. The molecular weight excluding hydrogens is 384 g/mol. The van der Waals surface area contributed by atoms with Gasteiger partial charge in [-0.05, 0) is 75.3 Å². The summed E-state index contributed by atoms with van der Waals surface area (Å²) in [4.78, 5) is 35.6. The molecule has 1 saturated heterocycles. The van der Waals surface area contributed by atoms with Gasteiger partial charge >= 0.3 is 0 Å². The number of likely N-dealkylation sites (tertiary alicyclic amines) is 1. The third-order valence-electron chi connectivity index (χ3n) is 6.06. The second-order valence-corrected chi connectivity index (χ2v) is 9.02. The van der Waals surface area contributed by atoms with Gasteiger partial charge in [0, 0.05) is 29.6 Å². The van der Waals surface area contributed by atoms with E-state index in [1.807, 2.05) is 36.9 Å². The van der Waals surface area contributed by atoms with E-state index in [1.54, 1.807) is 11.3 Å². The Bertz CT molecular complexity index is 888. The van der Waals surface area contributed by atoms with Crippen molar-refractivity contribution in [2.45, 2.75) is 45.7 Å². The summed E-state index contributed by atoms with van der Waals surface area (Å²) in [6, 6.07) is 7.62. The summed E-state index contributed by atoms with van der Waals surface area (Å²) in [5.74, 6) is 0.814. The third kappa shape index (κ3) is 4.51. The lowest BCUT2D eigenvalue weighted by Gasteiger charge is -2.37. The molecule has 1 N–H and O–H groups in total. The molecule has 2 aromatic heterocycles. The fourth-order valence-corrected chi connectivity index (χ4v) is 5.14. The number of nitrogens with one attached hydrogen (secondary N) is 1. The van der Waals surface area contributed by atoms with Crippen molar-refractivity contribution in [2.24, 2.45) is 5.92 Å². The normalized spacial score (nSPS) is 18.9. The van der Waals surface area contributed by atoms with Crippen molar-refractivity contribution in [3.8, 4) is 0 Å². The number of aryl methyl sites for hydroxylation is 1. The van der Waals surface area contributed by atoms with E-state index >= 15 is 0 Å². The maximum Gasteiger partial charge on any atom is 0.239 e. The second kappa shape index (κ2) is 8.63. The first-order chi connectivity index (χ1) is 14.0. The van der Waals surface area contributed by atoms with Crippen LogP contribution < -0.4 is 5.32 Å². The molecule has 0 aromatic carbocycles. The van der Waals surface area contributed by atoms with E-state index in [2.05, 4.69) is 26.6 Å². The molecule has 2 aliphatic heterocycles. The highest BCUT2D eigenvalue weighted by molar-refractivity contribution is 7.10. The van der Waals surface area contributed by atoms with Gasteiger partial charge in [-0.15, -0.1) is 11.3 Å². The van der Waals surface area contributed by atoms with Crippen LogP contribution in [0.25, 0.3) is 0 Å².